The van der Waals surface area contributed by atoms with E-state index in [1.807, 2.05) is 0 Å². The van der Waals surface area contributed by atoms with Gasteiger partial charge < -0.3 is 56.8 Å². The number of hydrogen-bond donors (Lipinski definition) is 0. The molecule has 1 heterocycles. The summed E-state index contributed by atoms with van der Waals surface area (Å²) in [5.74, 6) is 4.37. The first-order valence-electron chi connectivity index (χ1n) is 24.3. The third-order valence-electron chi connectivity index (χ3n) is 12.6. The highest BCUT2D eigenvalue weighted by Crippen LogP contribution is 2.36. The lowest BCUT2D eigenvalue weighted by atomic mass is 10.0. The van der Waals surface area contributed by atoms with Crippen LogP contribution in [-0.4, -0.2) is 42.7 Å². The quantitative estimate of drug-likeness (QED) is 0.158. The Kier molecular flexibility index (Phi) is 19.0. The SMILES string of the molecule is COc1c2cc(C)cc1COCc1cc(C)cc(c1OC)COCc1cc(C)cc(c1OC)COCc1cc(C)cc(c1OC)COCc1cc(C)cc(c1OC)COCc1cc(C)cc(c1OC)COC2. The molecule has 0 atom stereocenters. The second kappa shape index (κ2) is 25.5. The van der Waals surface area contributed by atoms with Crippen LogP contribution in [0.1, 0.15) is 100 Å². The number of ether oxygens (including phenoxy) is 12. The number of rotatable bonds is 6. The molecule has 0 aliphatic carbocycles. The zero-order valence-corrected chi connectivity index (χ0v) is 44.3. The Balaban J connectivity index is 1.19. The van der Waals surface area contributed by atoms with Crippen molar-refractivity contribution in [2.24, 2.45) is 0 Å². The molecule has 72 heavy (non-hydrogen) atoms. The Morgan fingerprint density at radius 2 is 0.306 bits per heavy atom. The fraction of sp³-hybridized carbons (Fsp3) is 0.400. The average Bonchev–Trinajstić information content (AvgIpc) is 3.33. The van der Waals surface area contributed by atoms with Gasteiger partial charge in [0, 0.05) is 66.8 Å². The molecule has 6 aromatic carbocycles. The summed E-state index contributed by atoms with van der Waals surface area (Å²) in [5, 5.41) is 0. The zero-order chi connectivity index (χ0) is 51.3. The minimum atomic E-state index is 0.318. The van der Waals surface area contributed by atoms with E-state index in [1.54, 1.807) is 42.7 Å². The van der Waals surface area contributed by atoms with Crippen molar-refractivity contribution >= 4 is 0 Å². The number of hydrogen-bond acceptors (Lipinski definition) is 12. The maximum absolute atomic E-state index is 6.43. The summed E-state index contributed by atoms with van der Waals surface area (Å²) in [5.41, 5.74) is 17.5. The van der Waals surface area contributed by atoms with Crippen LogP contribution >= 0.6 is 0 Å². The molecule has 7 rings (SSSR count). The van der Waals surface area contributed by atoms with Crippen LogP contribution in [0.5, 0.6) is 34.5 Å². The molecule has 0 saturated carbocycles. The Hall–Kier alpha value is -6.12. The molecule has 0 spiro atoms. The first-order valence-corrected chi connectivity index (χ1v) is 24.3. The molecule has 12 nitrogen and oxygen atoms in total. The third-order valence-corrected chi connectivity index (χ3v) is 12.6. The van der Waals surface area contributed by atoms with Gasteiger partial charge in [-0.25, -0.2) is 0 Å². The standard InChI is InChI=1S/C60H72O12/c1-37-13-43-25-67-27-45-15-38(2)17-47(56(45)62-8)29-69-31-49-19-40(4)21-51(58(49)64-10)33-71-35-53-23-42(6)24-54(60(53)66-12)36-72-34-52-22-41(5)20-50(59(52)65-11)32-70-30-48-18-39(3)16-46(57(48)63-9)28-68-26-44(14-37)55(43)61-7/h13-24H,25-36H2,1-12H3. The molecule has 384 valence electrons. The molecular weight excluding hydrogens is 913 g/mol. The smallest absolute Gasteiger partial charge is 0.129 e. The number of benzene rings is 6. The van der Waals surface area contributed by atoms with Crippen molar-refractivity contribution in [1.82, 2.24) is 0 Å². The van der Waals surface area contributed by atoms with Gasteiger partial charge in [-0.1, -0.05) is 106 Å². The van der Waals surface area contributed by atoms with Crippen LogP contribution in [0, 0.1) is 41.5 Å². The Morgan fingerprint density at radius 1 is 0.208 bits per heavy atom. The molecule has 0 saturated heterocycles. The van der Waals surface area contributed by atoms with Crippen LogP contribution < -0.4 is 28.4 Å². The molecule has 0 unspecified atom stereocenters. The van der Waals surface area contributed by atoms with E-state index in [1.165, 1.54) is 0 Å². The van der Waals surface area contributed by atoms with Crippen LogP contribution in [0.4, 0.5) is 0 Å². The topological polar surface area (TPSA) is 111 Å². The van der Waals surface area contributed by atoms with E-state index in [0.29, 0.717) is 79.3 Å². The average molecular weight is 985 g/mol. The predicted octanol–water partition coefficient (Wildman–Crippen LogP) is 12.2. The highest BCUT2D eigenvalue weighted by molar-refractivity contribution is 5.49. The maximum Gasteiger partial charge on any atom is 0.129 e. The highest BCUT2D eigenvalue weighted by atomic mass is 16.5. The second-order valence-electron chi connectivity index (χ2n) is 18.7. The summed E-state index contributed by atoms with van der Waals surface area (Å²) >= 11 is 0. The van der Waals surface area contributed by atoms with Crippen molar-refractivity contribution in [2.75, 3.05) is 42.7 Å². The Morgan fingerprint density at radius 3 is 0.389 bits per heavy atom. The zero-order valence-electron chi connectivity index (χ0n) is 44.3. The van der Waals surface area contributed by atoms with Crippen molar-refractivity contribution in [2.45, 2.75) is 121 Å². The predicted molar refractivity (Wildman–Crippen MR) is 277 cm³/mol. The molecule has 6 aromatic rings. The molecule has 1 aliphatic rings. The van der Waals surface area contributed by atoms with Gasteiger partial charge in [0.1, 0.15) is 34.5 Å². The summed E-state index contributed by atoms with van der Waals surface area (Å²) < 4.78 is 74.7. The van der Waals surface area contributed by atoms with E-state index in [-0.39, 0.29) is 0 Å². The first kappa shape index (κ1) is 53.7. The van der Waals surface area contributed by atoms with Gasteiger partial charge in [0.2, 0.25) is 0 Å². The van der Waals surface area contributed by atoms with E-state index < -0.39 is 0 Å². The van der Waals surface area contributed by atoms with Gasteiger partial charge in [-0.3, -0.25) is 0 Å². The summed E-state index contributed by atoms with van der Waals surface area (Å²) in [6, 6.07) is 25.1. The van der Waals surface area contributed by atoms with Crippen LogP contribution in [0.25, 0.3) is 0 Å². The molecule has 1 aliphatic heterocycles. The van der Waals surface area contributed by atoms with Crippen LogP contribution in [0.3, 0.4) is 0 Å². The summed E-state index contributed by atoms with van der Waals surface area (Å²) in [6.07, 6.45) is 0. The monoisotopic (exact) mass is 985 g/mol. The van der Waals surface area contributed by atoms with Gasteiger partial charge in [0.15, 0.2) is 0 Å². The van der Waals surface area contributed by atoms with E-state index in [0.717, 1.165) is 135 Å². The molecule has 0 radical (unpaired) electrons. The van der Waals surface area contributed by atoms with Crippen molar-refractivity contribution < 1.29 is 56.8 Å². The summed E-state index contributed by atoms with van der Waals surface area (Å²) in [6.45, 7) is 16.2. The van der Waals surface area contributed by atoms with E-state index in [4.69, 9.17) is 56.8 Å². The molecule has 0 fully saturated rings. The van der Waals surface area contributed by atoms with Gasteiger partial charge in [-0.05, 0) is 41.5 Å². The number of aryl methyl sites for hydroxylation is 6. The van der Waals surface area contributed by atoms with E-state index in [9.17, 15) is 0 Å². The largest absolute Gasteiger partial charge is 0.496 e. The minimum Gasteiger partial charge on any atom is -0.496 e. The maximum atomic E-state index is 6.43. The second-order valence-corrected chi connectivity index (χ2v) is 18.7. The van der Waals surface area contributed by atoms with Crippen LogP contribution in [0.15, 0.2) is 72.8 Å². The molecule has 0 N–H and O–H groups in total. The number of methoxy groups -OCH3 is 6. The fourth-order valence-corrected chi connectivity index (χ4v) is 10.1. The minimum absolute atomic E-state index is 0.318. The van der Waals surface area contributed by atoms with Crippen LogP contribution in [-0.2, 0) is 108 Å². The van der Waals surface area contributed by atoms with Crippen molar-refractivity contribution in [1.29, 1.82) is 0 Å². The lowest BCUT2D eigenvalue weighted by molar-refractivity contribution is 0.0927. The van der Waals surface area contributed by atoms with Crippen molar-refractivity contribution in [3.63, 3.8) is 0 Å². The van der Waals surface area contributed by atoms with Gasteiger partial charge in [-0.2, -0.15) is 0 Å². The lowest BCUT2D eigenvalue weighted by Gasteiger charge is -2.19. The Bertz CT molecular complexity index is 2170. The molecule has 12 bridgehead atoms. The van der Waals surface area contributed by atoms with Crippen molar-refractivity contribution in [3.8, 4) is 34.5 Å². The van der Waals surface area contributed by atoms with E-state index in [2.05, 4.69) is 114 Å². The van der Waals surface area contributed by atoms with Crippen LogP contribution in [0.2, 0.25) is 0 Å². The fourth-order valence-electron chi connectivity index (χ4n) is 10.1. The molecule has 0 amide bonds. The molecule has 0 aromatic heterocycles. The first-order chi connectivity index (χ1) is 34.9. The highest BCUT2D eigenvalue weighted by Gasteiger charge is 2.20. The number of fused-ring (bicyclic) bond motifs is 12. The van der Waals surface area contributed by atoms with Gasteiger partial charge in [0.25, 0.3) is 0 Å². The lowest BCUT2D eigenvalue weighted by Crippen LogP contribution is -2.07. The summed E-state index contributed by atoms with van der Waals surface area (Å²) in [7, 11) is 10.1. The van der Waals surface area contributed by atoms with Crippen molar-refractivity contribution in [3.05, 3.63) is 173 Å². The molecular formula is C60H72O12. The third kappa shape index (κ3) is 13.3. The van der Waals surface area contributed by atoms with Gasteiger partial charge in [-0.15, -0.1) is 0 Å². The normalized spacial score (nSPS) is 14.5. The van der Waals surface area contributed by atoms with E-state index >= 15 is 0 Å². The summed E-state index contributed by atoms with van der Waals surface area (Å²) in [4.78, 5) is 0. The van der Waals surface area contributed by atoms with Gasteiger partial charge >= 0.3 is 0 Å². The molecule has 12 heteroatoms. The Labute approximate surface area is 426 Å². The van der Waals surface area contributed by atoms with Gasteiger partial charge in [0.05, 0.1) is 122 Å².